The van der Waals surface area contributed by atoms with Crippen LogP contribution >= 0.6 is 15.9 Å². The number of carbonyl (C=O) groups is 1. The van der Waals surface area contributed by atoms with Crippen LogP contribution in [0.1, 0.15) is 20.8 Å². The van der Waals surface area contributed by atoms with Crippen molar-refractivity contribution in [1.82, 2.24) is 24.5 Å². The third kappa shape index (κ3) is 4.81. The van der Waals surface area contributed by atoms with Crippen molar-refractivity contribution in [2.24, 2.45) is 0 Å². The molecule has 9 nitrogen and oxygen atoms in total. The Bertz CT molecular complexity index is 1040. The minimum atomic E-state index is -0.479. The lowest BCUT2D eigenvalue weighted by atomic mass is 10.2. The highest BCUT2D eigenvalue weighted by molar-refractivity contribution is 9.10. The molecule has 1 fully saturated rings. The monoisotopic (exact) mass is 473 g/mol. The van der Waals surface area contributed by atoms with Crippen LogP contribution in [0.25, 0.3) is 5.52 Å². The number of rotatable bonds is 3. The lowest BCUT2D eigenvalue weighted by Gasteiger charge is -2.36. The van der Waals surface area contributed by atoms with Gasteiger partial charge in [0.05, 0.1) is 23.6 Å². The van der Waals surface area contributed by atoms with Crippen LogP contribution in [0.5, 0.6) is 0 Å². The Kier molecular flexibility index (Phi) is 5.50. The number of nitrogens with one attached hydrogen (secondary N) is 1. The standard InChI is InChI=1S/C20H24BrN7O2/c1-20(2,3)30-19(29)27-8-6-26(7-9-27)15-4-5-17(22-11-15)24-18-23-12-16-10-14(21)13-28(16)25-18/h4-5,10-13H,6-9H2,1-3H3,(H,22,24,25). The number of carbonyl (C=O) groups excluding carboxylic acids is 1. The lowest BCUT2D eigenvalue weighted by Crippen LogP contribution is -2.50. The molecule has 0 radical (unpaired) electrons. The van der Waals surface area contributed by atoms with Crippen molar-refractivity contribution in [3.8, 4) is 0 Å². The van der Waals surface area contributed by atoms with Crippen LogP contribution in [0.4, 0.5) is 22.2 Å². The molecule has 10 heteroatoms. The van der Waals surface area contributed by atoms with E-state index in [0.29, 0.717) is 24.9 Å². The number of pyridine rings is 1. The number of piperazine rings is 1. The minimum Gasteiger partial charge on any atom is -0.444 e. The van der Waals surface area contributed by atoms with Crippen molar-refractivity contribution in [3.63, 3.8) is 0 Å². The van der Waals surface area contributed by atoms with Gasteiger partial charge in [0, 0.05) is 36.8 Å². The molecule has 1 aliphatic rings. The van der Waals surface area contributed by atoms with E-state index >= 15 is 0 Å². The highest BCUT2D eigenvalue weighted by Gasteiger charge is 2.26. The fourth-order valence-corrected chi connectivity index (χ4v) is 3.60. The van der Waals surface area contributed by atoms with Crippen molar-refractivity contribution in [2.45, 2.75) is 26.4 Å². The summed E-state index contributed by atoms with van der Waals surface area (Å²) in [6.07, 6.45) is 5.18. The molecule has 0 unspecified atom stereocenters. The Morgan fingerprint density at radius 3 is 2.57 bits per heavy atom. The number of fused-ring (bicyclic) bond motifs is 1. The van der Waals surface area contributed by atoms with E-state index in [-0.39, 0.29) is 6.09 Å². The zero-order chi connectivity index (χ0) is 21.3. The summed E-state index contributed by atoms with van der Waals surface area (Å²) in [4.78, 5) is 25.0. The maximum absolute atomic E-state index is 12.2. The van der Waals surface area contributed by atoms with E-state index in [0.717, 1.165) is 28.8 Å². The van der Waals surface area contributed by atoms with Gasteiger partial charge in [-0.15, -0.1) is 5.10 Å². The van der Waals surface area contributed by atoms with Gasteiger partial charge in [0.2, 0.25) is 5.95 Å². The Morgan fingerprint density at radius 1 is 1.13 bits per heavy atom. The summed E-state index contributed by atoms with van der Waals surface area (Å²) < 4.78 is 8.15. The number of halogens is 1. The molecule has 3 aromatic heterocycles. The van der Waals surface area contributed by atoms with Crippen LogP contribution in [0.15, 0.2) is 41.3 Å². The Hall–Kier alpha value is -2.88. The van der Waals surface area contributed by atoms with Crippen molar-refractivity contribution in [2.75, 3.05) is 36.4 Å². The van der Waals surface area contributed by atoms with Gasteiger partial charge in [-0.1, -0.05) is 0 Å². The summed E-state index contributed by atoms with van der Waals surface area (Å²) in [5.41, 5.74) is 1.43. The molecule has 158 valence electrons. The fraction of sp³-hybridized carbons (Fsp3) is 0.400. The smallest absolute Gasteiger partial charge is 0.410 e. The minimum absolute atomic E-state index is 0.258. The van der Waals surface area contributed by atoms with Gasteiger partial charge in [0.25, 0.3) is 0 Å². The molecule has 0 aromatic carbocycles. The predicted molar refractivity (Wildman–Crippen MR) is 118 cm³/mol. The number of amides is 1. The maximum atomic E-state index is 12.2. The number of aromatic nitrogens is 4. The Labute approximate surface area is 183 Å². The first kappa shape index (κ1) is 20.4. The van der Waals surface area contributed by atoms with Crippen molar-refractivity contribution in [1.29, 1.82) is 0 Å². The van der Waals surface area contributed by atoms with E-state index < -0.39 is 5.60 Å². The van der Waals surface area contributed by atoms with E-state index in [2.05, 4.69) is 41.2 Å². The van der Waals surface area contributed by atoms with E-state index in [1.54, 1.807) is 15.6 Å². The molecule has 30 heavy (non-hydrogen) atoms. The summed E-state index contributed by atoms with van der Waals surface area (Å²) in [5, 5.41) is 7.54. The van der Waals surface area contributed by atoms with Crippen LogP contribution in [-0.2, 0) is 4.74 Å². The van der Waals surface area contributed by atoms with Gasteiger partial charge in [-0.25, -0.2) is 19.3 Å². The van der Waals surface area contributed by atoms with Gasteiger partial charge in [-0.2, -0.15) is 0 Å². The normalized spacial score (nSPS) is 14.8. The SMILES string of the molecule is CC(C)(C)OC(=O)N1CCN(c2ccc(Nc3ncc4cc(Br)cn4n3)nc2)CC1. The number of nitrogens with zero attached hydrogens (tertiary/aromatic N) is 6. The van der Waals surface area contributed by atoms with E-state index in [1.165, 1.54) is 0 Å². The van der Waals surface area contributed by atoms with Crippen LogP contribution in [-0.4, -0.2) is 62.4 Å². The molecule has 0 bridgehead atoms. The third-order valence-corrected chi connectivity index (χ3v) is 5.04. The first-order valence-electron chi connectivity index (χ1n) is 9.74. The van der Waals surface area contributed by atoms with E-state index in [4.69, 9.17) is 4.74 Å². The third-order valence-electron chi connectivity index (χ3n) is 4.60. The molecule has 1 saturated heterocycles. The quantitative estimate of drug-likeness (QED) is 0.620. The second-order valence-electron chi connectivity index (χ2n) is 8.09. The molecular weight excluding hydrogens is 450 g/mol. The topological polar surface area (TPSA) is 87.9 Å². The van der Waals surface area contributed by atoms with E-state index in [9.17, 15) is 4.79 Å². The molecule has 0 aliphatic carbocycles. The number of ether oxygens (including phenoxy) is 1. The summed E-state index contributed by atoms with van der Waals surface area (Å²) in [5.74, 6) is 1.13. The van der Waals surface area contributed by atoms with Crippen LogP contribution in [0.2, 0.25) is 0 Å². The van der Waals surface area contributed by atoms with Gasteiger partial charge in [0.15, 0.2) is 0 Å². The number of anilines is 3. The number of hydrogen-bond donors (Lipinski definition) is 1. The van der Waals surface area contributed by atoms with Gasteiger partial charge in [-0.3, -0.25) is 0 Å². The number of hydrogen-bond acceptors (Lipinski definition) is 7. The molecule has 1 N–H and O–H groups in total. The molecule has 4 rings (SSSR count). The molecular formula is C20H24BrN7O2. The van der Waals surface area contributed by atoms with Crippen molar-refractivity contribution in [3.05, 3.63) is 41.3 Å². The fourth-order valence-electron chi connectivity index (χ4n) is 3.17. The summed E-state index contributed by atoms with van der Waals surface area (Å²) in [6.45, 7) is 8.34. The first-order valence-corrected chi connectivity index (χ1v) is 10.5. The molecule has 1 amide bonds. The molecule has 3 aromatic rings. The molecule has 0 spiro atoms. The van der Waals surface area contributed by atoms with Crippen molar-refractivity contribution >= 4 is 45.0 Å². The van der Waals surface area contributed by atoms with Gasteiger partial charge in [-0.05, 0) is 54.9 Å². The van der Waals surface area contributed by atoms with Crippen LogP contribution < -0.4 is 10.2 Å². The highest BCUT2D eigenvalue weighted by atomic mass is 79.9. The summed E-state index contributed by atoms with van der Waals surface area (Å²) >= 11 is 3.43. The highest BCUT2D eigenvalue weighted by Crippen LogP contribution is 2.20. The Morgan fingerprint density at radius 2 is 1.90 bits per heavy atom. The Balaban J connectivity index is 1.35. The second kappa shape index (κ2) is 8.10. The molecule has 1 aliphatic heterocycles. The largest absolute Gasteiger partial charge is 0.444 e. The van der Waals surface area contributed by atoms with Crippen LogP contribution in [0.3, 0.4) is 0 Å². The molecule has 4 heterocycles. The van der Waals surface area contributed by atoms with Gasteiger partial charge >= 0.3 is 6.09 Å². The zero-order valence-corrected chi connectivity index (χ0v) is 18.8. The molecule has 0 atom stereocenters. The summed E-state index contributed by atoms with van der Waals surface area (Å²) in [7, 11) is 0. The predicted octanol–water partition coefficient (Wildman–Crippen LogP) is 3.69. The first-order chi connectivity index (χ1) is 14.3. The average Bonchev–Trinajstić information content (AvgIpc) is 3.07. The van der Waals surface area contributed by atoms with Gasteiger partial charge in [0.1, 0.15) is 11.4 Å². The van der Waals surface area contributed by atoms with Crippen LogP contribution in [0, 0.1) is 0 Å². The second-order valence-corrected chi connectivity index (χ2v) is 9.01. The summed E-state index contributed by atoms with van der Waals surface area (Å²) in [6, 6.07) is 5.84. The lowest BCUT2D eigenvalue weighted by molar-refractivity contribution is 0.0240. The molecule has 0 saturated carbocycles. The zero-order valence-electron chi connectivity index (χ0n) is 17.2. The van der Waals surface area contributed by atoms with Crippen molar-refractivity contribution < 1.29 is 9.53 Å². The maximum Gasteiger partial charge on any atom is 0.410 e. The average molecular weight is 474 g/mol. The van der Waals surface area contributed by atoms with Gasteiger partial charge < -0.3 is 19.9 Å². The van der Waals surface area contributed by atoms with E-state index in [1.807, 2.05) is 51.4 Å².